The molecule has 0 unspecified atom stereocenters. The highest BCUT2D eigenvalue weighted by atomic mass is 16.6. The molecular weight excluding hydrogens is 394 g/mol. The van der Waals surface area contributed by atoms with E-state index in [-0.39, 0.29) is 23.5 Å². The number of nitrogens with zero attached hydrogens (tertiary/aromatic N) is 1. The molecule has 1 heterocycles. The van der Waals surface area contributed by atoms with Crippen molar-refractivity contribution in [3.63, 3.8) is 0 Å². The first kappa shape index (κ1) is 20.3. The van der Waals surface area contributed by atoms with Gasteiger partial charge in [-0.25, -0.2) is 9.79 Å². The van der Waals surface area contributed by atoms with Gasteiger partial charge < -0.3 is 14.2 Å². The highest BCUT2D eigenvalue weighted by Crippen LogP contribution is 2.31. The van der Waals surface area contributed by atoms with Gasteiger partial charge >= 0.3 is 11.9 Å². The van der Waals surface area contributed by atoms with Crippen molar-refractivity contribution in [2.45, 2.75) is 13.8 Å². The van der Waals surface area contributed by atoms with Crippen molar-refractivity contribution in [2.75, 3.05) is 7.11 Å². The fourth-order valence-electron chi connectivity index (χ4n) is 3.18. The highest BCUT2D eigenvalue weighted by molar-refractivity contribution is 6.17. The first-order chi connectivity index (χ1) is 15.0. The zero-order valence-corrected chi connectivity index (χ0v) is 17.4. The Morgan fingerprint density at radius 1 is 1.03 bits per heavy atom. The summed E-state index contributed by atoms with van der Waals surface area (Å²) in [5.74, 6) is -0.181. The summed E-state index contributed by atoms with van der Waals surface area (Å²) in [4.78, 5) is 28.7. The van der Waals surface area contributed by atoms with Gasteiger partial charge in [-0.05, 0) is 40.6 Å². The largest absolute Gasteiger partial charge is 0.493 e. The number of ether oxygens (including phenoxy) is 3. The molecule has 6 heteroatoms. The van der Waals surface area contributed by atoms with Crippen molar-refractivity contribution < 1.29 is 23.8 Å². The van der Waals surface area contributed by atoms with Crippen LogP contribution in [0.3, 0.4) is 0 Å². The SMILES string of the molecule is COc1cc(/C=C2/N=C(c3cccc4ccccc34)OC2=O)ccc1OC(=O)C(C)C. The summed E-state index contributed by atoms with van der Waals surface area (Å²) in [5.41, 5.74) is 1.59. The minimum Gasteiger partial charge on any atom is -0.493 e. The predicted molar refractivity (Wildman–Crippen MR) is 118 cm³/mol. The lowest BCUT2D eigenvalue weighted by Gasteiger charge is -2.11. The third-order valence-corrected chi connectivity index (χ3v) is 4.81. The molecule has 0 fully saturated rings. The molecule has 0 amide bonds. The van der Waals surface area contributed by atoms with Crippen LogP contribution >= 0.6 is 0 Å². The van der Waals surface area contributed by atoms with E-state index in [9.17, 15) is 9.59 Å². The monoisotopic (exact) mass is 415 g/mol. The second-order valence-corrected chi connectivity index (χ2v) is 7.35. The molecule has 0 spiro atoms. The van der Waals surface area contributed by atoms with E-state index in [1.807, 2.05) is 42.5 Å². The molecule has 0 aliphatic carbocycles. The van der Waals surface area contributed by atoms with Crippen LogP contribution in [0.2, 0.25) is 0 Å². The molecule has 156 valence electrons. The number of methoxy groups -OCH3 is 1. The summed E-state index contributed by atoms with van der Waals surface area (Å²) in [7, 11) is 1.49. The molecule has 0 N–H and O–H groups in total. The van der Waals surface area contributed by atoms with Crippen LogP contribution in [-0.4, -0.2) is 24.9 Å². The van der Waals surface area contributed by atoms with Crippen molar-refractivity contribution in [1.29, 1.82) is 0 Å². The highest BCUT2D eigenvalue weighted by Gasteiger charge is 2.25. The number of carbonyl (C=O) groups excluding carboxylic acids is 2. The smallest absolute Gasteiger partial charge is 0.363 e. The Bertz CT molecular complexity index is 1230. The van der Waals surface area contributed by atoms with E-state index >= 15 is 0 Å². The molecule has 3 aromatic carbocycles. The van der Waals surface area contributed by atoms with Crippen LogP contribution in [0.4, 0.5) is 0 Å². The lowest BCUT2D eigenvalue weighted by atomic mass is 10.0. The van der Waals surface area contributed by atoms with E-state index in [0.717, 1.165) is 16.3 Å². The van der Waals surface area contributed by atoms with Gasteiger partial charge in [0.2, 0.25) is 5.90 Å². The fourth-order valence-corrected chi connectivity index (χ4v) is 3.18. The van der Waals surface area contributed by atoms with E-state index < -0.39 is 5.97 Å². The van der Waals surface area contributed by atoms with Gasteiger partial charge in [0.05, 0.1) is 13.0 Å². The fraction of sp³-hybridized carbons (Fsp3) is 0.160. The lowest BCUT2D eigenvalue weighted by molar-refractivity contribution is -0.137. The molecule has 0 bridgehead atoms. The summed E-state index contributed by atoms with van der Waals surface area (Å²) in [5, 5.41) is 1.99. The predicted octanol–water partition coefficient (Wildman–Crippen LogP) is 4.75. The van der Waals surface area contributed by atoms with Gasteiger partial charge in [0.15, 0.2) is 17.2 Å². The van der Waals surface area contributed by atoms with Crippen molar-refractivity contribution in [2.24, 2.45) is 10.9 Å². The number of fused-ring (bicyclic) bond motifs is 1. The molecule has 0 radical (unpaired) electrons. The molecule has 1 aliphatic heterocycles. The van der Waals surface area contributed by atoms with E-state index in [1.165, 1.54) is 7.11 Å². The van der Waals surface area contributed by atoms with Gasteiger partial charge in [-0.2, -0.15) is 0 Å². The number of rotatable bonds is 5. The van der Waals surface area contributed by atoms with Crippen LogP contribution in [0, 0.1) is 5.92 Å². The third kappa shape index (κ3) is 4.19. The minimum absolute atomic E-state index is 0.178. The Kier molecular flexibility index (Phi) is 5.54. The summed E-state index contributed by atoms with van der Waals surface area (Å²) in [6, 6.07) is 18.6. The van der Waals surface area contributed by atoms with Gasteiger partial charge in [-0.15, -0.1) is 0 Å². The molecule has 0 aromatic heterocycles. The van der Waals surface area contributed by atoms with E-state index in [1.54, 1.807) is 38.1 Å². The quantitative estimate of drug-likeness (QED) is 0.341. The zero-order valence-electron chi connectivity index (χ0n) is 17.4. The molecule has 4 rings (SSSR count). The van der Waals surface area contributed by atoms with Gasteiger partial charge in [0.25, 0.3) is 0 Å². The van der Waals surface area contributed by atoms with Crippen LogP contribution in [0.15, 0.2) is 71.4 Å². The molecule has 3 aromatic rings. The first-order valence-electron chi connectivity index (χ1n) is 9.86. The van der Waals surface area contributed by atoms with E-state index in [2.05, 4.69) is 4.99 Å². The third-order valence-electron chi connectivity index (χ3n) is 4.81. The van der Waals surface area contributed by atoms with Crippen LogP contribution < -0.4 is 9.47 Å². The molecule has 1 aliphatic rings. The van der Waals surface area contributed by atoms with Crippen LogP contribution in [-0.2, 0) is 14.3 Å². The average Bonchev–Trinajstić information content (AvgIpc) is 3.14. The van der Waals surface area contributed by atoms with Crippen molar-refractivity contribution in [1.82, 2.24) is 0 Å². The number of hydrogen-bond acceptors (Lipinski definition) is 6. The van der Waals surface area contributed by atoms with Gasteiger partial charge in [0, 0.05) is 5.56 Å². The first-order valence-corrected chi connectivity index (χ1v) is 9.86. The average molecular weight is 415 g/mol. The second-order valence-electron chi connectivity index (χ2n) is 7.35. The Morgan fingerprint density at radius 3 is 2.58 bits per heavy atom. The topological polar surface area (TPSA) is 74.2 Å². The van der Waals surface area contributed by atoms with Crippen LogP contribution in [0.5, 0.6) is 11.5 Å². The van der Waals surface area contributed by atoms with E-state index in [4.69, 9.17) is 14.2 Å². The van der Waals surface area contributed by atoms with Gasteiger partial charge in [-0.3, -0.25) is 4.79 Å². The molecular formula is C25H21NO5. The van der Waals surface area contributed by atoms with Crippen molar-refractivity contribution in [3.8, 4) is 11.5 Å². The summed E-state index contributed by atoms with van der Waals surface area (Å²) in [6.07, 6.45) is 1.61. The normalized spacial score (nSPS) is 14.6. The van der Waals surface area contributed by atoms with Crippen LogP contribution in [0.1, 0.15) is 25.0 Å². The van der Waals surface area contributed by atoms with Gasteiger partial charge in [0.1, 0.15) is 0 Å². The molecule has 31 heavy (non-hydrogen) atoms. The van der Waals surface area contributed by atoms with Gasteiger partial charge in [-0.1, -0.05) is 56.3 Å². The summed E-state index contributed by atoms with van der Waals surface area (Å²) in [6.45, 7) is 3.51. The maximum Gasteiger partial charge on any atom is 0.363 e. The second kappa shape index (κ2) is 8.44. The Morgan fingerprint density at radius 2 is 1.81 bits per heavy atom. The lowest BCUT2D eigenvalue weighted by Crippen LogP contribution is -2.15. The van der Waals surface area contributed by atoms with Crippen LogP contribution in [0.25, 0.3) is 16.8 Å². The number of esters is 2. The van der Waals surface area contributed by atoms with Crippen molar-refractivity contribution in [3.05, 3.63) is 77.5 Å². The standard InChI is InChI=1S/C25H21NO5/c1-15(2)24(27)30-21-12-11-16(14-22(21)29-3)13-20-25(28)31-23(26-20)19-10-6-8-17-7-4-5-9-18(17)19/h4-15H,1-3H3/b20-13+. The number of aliphatic imine (C=N–C) groups is 1. The Balaban J connectivity index is 1.66. The number of cyclic esters (lactones) is 1. The maximum absolute atomic E-state index is 12.4. The zero-order chi connectivity index (χ0) is 22.0. The summed E-state index contributed by atoms with van der Waals surface area (Å²) >= 11 is 0. The number of carbonyl (C=O) groups is 2. The number of hydrogen-bond donors (Lipinski definition) is 0. The van der Waals surface area contributed by atoms with Crippen molar-refractivity contribution >= 4 is 34.7 Å². The maximum atomic E-state index is 12.4. The summed E-state index contributed by atoms with van der Waals surface area (Å²) < 4.78 is 16.1. The molecule has 6 nitrogen and oxygen atoms in total. The molecule has 0 saturated heterocycles. The Hall–Kier alpha value is -3.93. The minimum atomic E-state index is -0.530. The number of benzene rings is 3. The molecule has 0 saturated carbocycles. The Labute approximate surface area is 179 Å². The molecule has 0 atom stereocenters. The van der Waals surface area contributed by atoms with E-state index in [0.29, 0.717) is 17.1 Å².